The summed E-state index contributed by atoms with van der Waals surface area (Å²) in [7, 11) is 1.24. The van der Waals surface area contributed by atoms with Crippen molar-refractivity contribution in [2.24, 2.45) is 0 Å². The number of ether oxygens (including phenoxy) is 2. The van der Waals surface area contributed by atoms with Gasteiger partial charge in [-0.3, -0.25) is 9.59 Å². The average Bonchev–Trinajstić information content (AvgIpc) is 3.04. The normalized spacial score (nSPS) is 11.9. The van der Waals surface area contributed by atoms with Gasteiger partial charge in [-0.25, -0.2) is 4.79 Å². The van der Waals surface area contributed by atoms with Crippen molar-refractivity contribution >= 4 is 18.0 Å². The number of benzene rings is 2. The molecule has 2 aromatic rings. The molecule has 0 spiro atoms. The smallest absolute Gasteiger partial charge is 0.407 e. The molecular formula is C21H22N2O5. The molecule has 1 aliphatic carbocycles. The number of amides is 2. The fraction of sp³-hybridized carbons (Fsp3) is 0.286. The molecule has 3 rings (SSSR count). The fourth-order valence-corrected chi connectivity index (χ4v) is 3.26. The van der Waals surface area contributed by atoms with Gasteiger partial charge in [-0.05, 0) is 22.3 Å². The van der Waals surface area contributed by atoms with Crippen molar-refractivity contribution < 1.29 is 23.9 Å². The molecule has 2 aromatic carbocycles. The molecule has 0 saturated heterocycles. The predicted octanol–water partition coefficient (Wildman–Crippen LogP) is 2.20. The van der Waals surface area contributed by atoms with E-state index in [0.717, 1.165) is 22.3 Å². The standard InChI is InChI=1S/C21H22N2O5/c1-27-20(25)12-23-19(24)10-11-22-21(26)28-13-18-16-8-4-2-6-14(16)15-7-3-5-9-17(15)18/h2-9,18H,10-13H2,1H3,(H,22,26)(H,23,24). The number of carbonyl (C=O) groups excluding carboxylic acids is 3. The van der Waals surface area contributed by atoms with E-state index in [4.69, 9.17) is 4.74 Å². The van der Waals surface area contributed by atoms with Crippen molar-refractivity contribution in [3.63, 3.8) is 0 Å². The van der Waals surface area contributed by atoms with Crippen LogP contribution in [-0.4, -0.2) is 44.8 Å². The van der Waals surface area contributed by atoms with Crippen molar-refractivity contribution in [3.05, 3.63) is 59.7 Å². The van der Waals surface area contributed by atoms with Crippen LogP contribution < -0.4 is 10.6 Å². The highest BCUT2D eigenvalue weighted by Crippen LogP contribution is 2.44. The van der Waals surface area contributed by atoms with E-state index in [1.807, 2.05) is 36.4 Å². The zero-order valence-electron chi connectivity index (χ0n) is 15.6. The number of alkyl carbamates (subject to hydrolysis) is 1. The van der Waals surface area contributed by atoms with Crippen LogP contribution in [0.4, 0.5) is 4.79 Å². The van der Waals surface area contributed by atoms with Crippen LogP contribution in [0.3, 0.4) is 0 Å². The van der Waals surface area contributed by atoms with Crippen molar-refractivity contribution in [1.29, 1.82) is 0 Å². The van der Waals surface area contributed by atoms with Crippen molar-refractivity contribution in [3.8, 4) is 11.1 Å². The van der Waals surface area contributed by atoms with Crippen LogP contribution in [0.1, 0.15) is 23.5 Å². The largest absolute Gasteiger partial charge is 0.468 e. The van der Waals surface area contributed by atoms with Gasteiger partial charge in [0.1, 0.15) is 13.2 Å². The van der Waals surface area contributed by atoms with E-state index in [-0.39, 0.29) is 37.9 Å². The number of fused-ring (bicyclic) bond motifs is 3. The molecule has 0 atom stereocenters. The molecule has 28 heavy (non-hydrogen) atoms. The Morgan fingerprint density at radius 3 is 2.14 bits per heavy atom. The second kappa shape index (κ2) is 9.03. The molecule has 0 saturated carbocycles. The second-order valence-corrected chi connectivity index (χ2v) is 6.36. The van der Waals surface area contributed by atoms with Crippen LogP contribution in [0.2, 0.25) is 0 Å². The lowest BCUT2D eigenvalue weighted by molar-refractivity contribution is -0.141. The predicted molar refractivity (Wildman–Crippen MR) is 103 cm³/mol. The lowest BCUT2D eigenvalue weighted by atomic mass is 9.98. The van der Waals surface area contributed by atoms with Gasteiger partial charge in [-0.1, -0.05) is 48.5 Å². The van der Waals surface area contributed by atoms with Gasteiger partial charge in [0.25, 0.3) is 0 Å². The number of rotatable bonds is 7. The summed E-state index contributed by atoms with van der Waals surface area (Å²) in [5, 5.41) is 4.95. The van der Waals surface area contributed by atoms with Gasteiger partial charge in [-0.15, -0.1) is 0 Å². The molecular weight excluding hydrogens is 360 g/mol. The van der Waals surface area contributed by atoms with E-state index in [2.05, 4.69) is 27.5 Å². The molecule has 7 nitrogen and oxygen atoms in total. The zero-order chi connectivity index (χ0) is 19.9. The molecule has 7 heteroatoms. The minimum Gasteiger partial charge on any atom is -0.468 e. The summed E-state index contributed by atoms with van der Waals surface area (Å²) in [4.78, 5) is 34.5. The highest BCUT2D eigenvalue weighted by molar-refractivity contribution is 5.82. The van der Waals surface area contributed by atoms with E-state index in [1.165, 1.54) is 7.11 Å². The van der Waals surface area contributed by atoms with Gasteiger partial charge < -0.3 is 20.1 Å². The first-order valence-corrected chi connectivity index (χ1v) is 9.02. The summed E-state index contributed by atoms with van der Waals surface area (Å²) in [6, 6.07) is 16.2. The Bertz CT molecular complexity index is 835. The fourth-order valence-electron chi connectivity index (χ4n) is 3.26. The first-order chi connectivity index (χ1) is 13.6. The number of hydrogen-bond acceptors (Lipinski definition) is 5. The Hall–Kier alpha value is -3.35. The first kappa shape index (κ1) is 19.4. The molecule has 0 radical (unpaired) electrons. The van der Waals surface area contributed by atoms with Crippen LogP contribution in [0.15, 0.2) is 48.5 Å². The molecule has 1 aliphatic rings. The SMILES string of the molecule is COC(=O)CNC(=O)CCNC(=O)OCC1c2ccccc2-c2ccccc21. The highest BCUT2D eigenvalue weighted by atomic mass is 16.5. The lowest BCUT2D eigenvalue weighted by Gasteiger charge is -2.14. The van der Waals surface area contributed by atoms with Gasteiger partial charge in [0.15, 0.2) is 0 Å². The first-order valence-electron chi connectivity index (χ1n) is 9.02. The lowest BCUT2D eigenvalue weighted by Crippen LogP contribution is -2.34. The summed E-state index contributed by atoms with van der Waals surface area (Å²) in [6.07, 6.45) is -0.538. The monoisotopic (exact) mass is 382 g/mol. The van der Waals surface area contributed by atoms with Crippen LogP contribution in [-0.2, 0) is 19.1 Å². The molecule has 2 N–H and O–H groups in total. The summed E-state index contributed by atoms with van der Waals surface area (Å²) >= 11 is 0. The van der Waals surface area contributed by atoms with Crippen LogP contribution in [0.25, 0.3) is 11.1 Å². The second-order valence-electron chi connectivity index (χ2n) is 6.36. The van der Waals surface area contributed by atoms with Crippen molar-refractivity contribution in [2.75, 3.05) is 26.8 Å². The van der Waals surface area contributed by atoms with Crippen LogP contribution >= 0.6 is 0 Å². The summed E-state index contributed by atoms with van der Waals surface area (Å²) in [5.74, 6) is -0.899. The van der Waals surface area contributed by atoms with Gasteiger partial charge >= 0.3 is 12.1 Å². The maximum absolute atomic E-state index is 12.0. The highest BCUT2D eigenvalue weighted by Gasteiger charge is 2.28. The molecule has 0 fully saturated rings. The minimum atomic E-state index is -0.581. The number of methoxy groups -OCH3 is 1. The summed E-state index contributed by atoms with van der Waals surface area (Å²) in [6.45, 7) is 0.137. The summed E-state index contributed by atoms with van der Waals surface area (Å²) < 4.78 is 9.81. The molecule has 0 aromatic heterocycles. The number of esters is 1. The molecule has 0 unspecified atom stereocenters. The van der Waals surface area contributed by atoms with E-state index in [0.29, 0.717) is 0 Å². The Kier molecular flexibility index (Phi) is 6.26. The van der Waals surface area contributed by atoms with Gasteiger partial charge in [-0.2, -0.15) is 0 Å². The quantitative estimate of drug-likeness (QED) is 0.716. The Balaban J connectivity index is 1.48. The van der Waals surface area contributed by atoms with Crippen molar-refractivity contribution in [2.45, 2.75) is 12.3 Å². The van der Waals surface area contributed by atoms with Gasteiger partial charge in [0.2, 0.25) is 5.91 Å². The Morgan fingerprint density at radius 2 is 1.54 bits per heavy atom. The minimum absolute atomic E-state index is 0.0125. The molecule has 2 amide bonds. The zero-order valence-corrected chi connectivity index (χ0v) is 15.6. The summed E-state index contributed by atoms with van der Waals surface area (Å²) in [5.41, 5.74) is 4.60. The Labute approximate surface area is 163 Å². The van der Waals surface area contributed by atoms with Gasteiger partial charge in [0, 0.05) is 18.9 Å². The molecule has 0 heterocycles. The van der Waals surface area contributed by atoms with Gasteiger partial charge in [0.05, 0.1) is 7.11 Å². The molecule has 146 valence electrons. The number of nitrogens with one attached hydrogen (secondary N) is 2. The van der Waals surface area contributed by atoms with Crippen molar-refractivity contribution in [1.82, 2.24) is 10.6 Å². The van der Waals surface area contributed by atoms with E-state index < -0.39 is 12.1 Å². The number of carbonyl (C=O) groups is 3. The molecule has 0 aliphatic heterocycles. The van der Waals surface area contributed by atoms with E-state index in [1.54, 1.807) is 0 Å². The Morgan fingerprint density at radius 1 is 0.929 bits per heavy atom. The average molecular weight is 382 g/mol. The van der Waals surface area contributed by atoms with Crippen LogP contribution in [0, 0.1) is 0 Å². The van der Waals surface area contributed by atoms with E-state index >= 15 is 0 Å². The maximum Gasteiger partial charge on any atom is 0.407 e. The third kappa shape index (κ3) is 4.49. The third-order valence-corrected chi connectivity index (χ3v) is 4.62. The molecule has 0 bridgehead atoms. The third-order valence-electron chi connectivity index (χ3n) is 4.62. The topological polar surface area (TPSA) is 93.7 Å². The van der Waals surface area contributed by atoms with Crippen LogP contribution in [0.5, 0.6) is 0 Å². The number of hydrogen-bond donors (Lipinski definition) is 2. The maximum atomic E-state index is 12.0. The van der Waals surface area contributed by atoms with E-state index in [9.17, 15) is 14.4 Å².